The predicted octanol–water partition coefficient (Wildman–Crippen LogP) is 5.84. The van der Waals surface area contributed by atoms with Crippen LogP contribution in [0.1, 0.15) is 73.1 Å². The van der Waals surface area contributed by atoms with Gasteiger partial charge in [0.2, 0.25) is 0 Å². The zero-order chi connectivity index (χ0) is 15.4. The minimum Gasteiger partial charge on any atom is -0.547 e. The van der Waals surface area contributed by atoms with E-state index in [0.717, 1.165) is 5.76 Å². The topological polar surface area (TPSA) is 26.3 Å². The molecule has 0 heterocycles. The standard InChI is InChI=1S/C17H34O2Si/c1-6-9-12-20(13-10-7-2,14-11-8-3)19-17(5)15-16(4)18/h15H,6-14H2,1-5H3. The van der Waals surface area contributed by atoms with Gasteiger partial charge in [-0.3, -0.25) is 4.79 Å². The number of unbranched alkanes of at least 4 members (excludes halogenated alkanes) is 3. The van der Waals surface area contributed by atoms with E-state index in [1.807, 2.05) is 6.92 Å². The van der Waals surface area contributed by atoms with E-state index in [-0.39, 0.29) is 5.78 Å². The highest BCUT2D eigenvalue weighted by atomic mass is 28.4. The Hall–Kier alpha value is -0.573. The van der Waals surface area contributed by atoms with E-state index in [1.54, 1.807) is 13.0 Å². The molecule has 0 aliphatic rings. The average molecular weight is 299 g/mol. The molecule has 0 spiro atoms. The summed E-state index contributed by atoms with van der Waals surface area (Å²) >= 11 is 0. The lowest BCUT2D eigenvalue weighted by Crippen LogP contribution is -2.37. The second kappa shape index (κ2) is 11.1. The molecule has 0 aliphatic carbocycles. The molecule has 0 saturated heterocycles. The van der Waals surface area contributed by atoms with Crippen LogP contribution in [0, 0.1) is 0 Å². The molecule has 0 N–H and O–H groups in total. The first-order valence-electron chi connectivity index (χ1n) is 8.37. The third-order valence-corrected chi connectivity index (χ3v) is 8.29. The van der Waals surface area contributed by atoms with Crippen molar-refractivity contribution in [2.45, 2.75) is 91.3 Å². The van der Waals surface area contributed by atoms with E-state index >= 15 is 0 Å². The average Bonchev–Trinajstić information content (AvgIpc) is 2.39. The van der Waals surface area contributed by atoms with Gasteiger partial charge in [0.15, 0.2) is 5.78 Å². The normalized spacial score (nSPS) is 12.6. The van der Waals surface area contributed by atoms with Crippen molar-refractivity contribution in [3.63, 3.8) is 0 Å². The molecule has 2 nitrogen and oxygen atoms in total. The Bertz CT molecular complexity index is 276. The Labute approximate surface area is 127 Å². The van der Waals surface area contributed by atoms with Crippen molar-refractivity contribution in [2.24, 2.45) is 0 Å². The molecule has 0 saturated carbocycles. The van der Waals surface area contributed by atoms with Gasteiger partial charge in [0, 0.05) is 6.08 Å². The minimum atomic E-state index is -1.71. The molecule has 0 rings (SSSR count). The lowest BCUT2D eigenvalue weighted by atomic mass is 10.4. The van der Waals surface area contributed by atoms with Gasteiger partial charge < -0.3 is 4.43 Å². The first-order chi connectivity index (χ1) is 9.49. The fourth-order valence-electron chi connectivity index (χ4n) is 2.68. The molecule has 0 aliphatic heterocycles. The first kappa shape index (κ1) is 19.4. The van der Waals surface area contributed by atoms with Gasteiger partial charge in [0.25, 0.3) is 8.32 Å². The number of hydrogen-bond donors (Lipinski definition) is 0. The molecule has 3 heteroatoms. The number of hydrogen-bond acceptors (Lipinski definition) is 2. The van der Waals surface area contributed by atoms with E-state index in [0.29, 0.717) is 0 Å². The van der Waals surface area contributed by atoms with Gasteiger partial charge >= 0.3 is 0 Å². The molecular formula is C17H34O2Si. The fraction of sp³-hybridized carbons (Fsp3) is 0.824. The number of rotatable bonds is 12. The summed E-state index contributed by atoms with van der Waals surface area (Å²) in [5.74, 6) is 0.930. The summed E-state index contributed by atoms with van der Waals surface area (Å²) in [6.45, 7) is 10.3. The van der Waals surface area contributed by atoms with Crippen LogP contribution in [0.3, 0.4) is 0 Å². The minimum absolute atomic E-state index is 0.0897. The van der Waals surface area contributed by atoms with Crippen LogP contribution in [0.5, 0.6) is 0 Å². The maximum Gasteiger partial charge on any atom is 0.250 e. The Kier molecular flexibility index (Phi) is 10.8. The highest BCUT2D eigenvalue weighted by Gasteiger charge is 2.35. The van der Waals surface area contributed by atoms with E-state index in [2.05, 4.69) is 20.8 Å². The molecule has 0 aromatic rings. The predicted molar refractivity (Wildman–Crippen MR) is 90.4 cm³/mol. The molecule has 118 valence electrons. The molecule has 0 aromatic heterocycles. The van der Waals surface area contributed by atoms with Crippen LogP contribution in [0.25, 0.3) is 0 Å². The Morgan fingerprint density at radius 2 is 1.30 bits per heavy atom. The van der Waals surface area contributed by atoms with Gasteiger partial charge in [-0.1, -0.05) is 59.3 Å². The molecule has 0 amide bonds. The van der Waals surface area contributed by atoms with Gasteiger partial charge in [-0.2, -0.15) is 0 Å². The zero-order valence-corrected chi connectivity index (χ0v) is 15.3. The quantitative estimate of drug-likeness (QED) is 0.257. The number of ketones is 1. The van der Waals surface area contributed by atoms with Crippen LogP contribution in [0.4, 0.5) is 0 Å². The van der Waals surface area contributed by atoms with Gasteiger partial charge in [0.05, 0.1) is 5.76 Å². The second-order valence-corrected chi connectivity index (χ2v) is 10.0. The summed E-state index contributed by atoms with van der Waals surface area (Å²) in [5.41, 5.74) is 0. The number of carbonyl (C=O) groups excluding carboxylic acids is 1. The fourth-order valence-corrected chi connectivity index (χ4v) is 7.47. The van der Waals surface area contributed by atoms with Crippen LogP contribution in [0.2, 0.25) is 18.1 Å². The van der Waals surface area contributed by atoms with Crippen molar-refractivity contribution in [3.8, 4) is 0 Å². The largest absolute Gasteiger partial charge is 0.547 e. The molecule has 0 atom stereocenters. The Morgan fingerprint density at radius 3 is 1.60 bits per heavy atom. The summed E-state index contributed by atoms with van der Waals surface area (Å²) in [6, 6.07) is 3.73. The summed E-state index contributed by atoms with van der Waals surface area (Å²) in [7, 11) is -1.71. The van der Waals surface area contributed by atoms with Crippen molar-refractivity contribution in [1.82, 2.24) is 0 Å². The molecule has 0 radical (unpaired) electrons. The number of carbonyl (C=O) groups is 1. The van der Waals surface area contributed by atoms with Crippen molar-refractivity contribution >= 4 is 14.1 Å². The summed E-state index contributed by atoms with van der Waals surface area (Å²) < 4.78 is 6.43. The van der Waals surface area contributed by atoms with Crippen LogP contribution in [-0.2, 0) is 9.22 Å². The number of allylic oxidation sites excluding steroid dienone is 2. The van der Waals surface area contributed by atoms with Crippen LogP contribution in [0.15, 0.2) is 11.8 Å². The highest BCUT2D eigenvalue weighted by molar-refractivity contribution is 6.74. The second-order valence-electron chi connectivity index (χ2n) is 5.96. The van der Waals surface area contributed by atoms with Crippen molar-refractivity contribution < 1.29 is 9.22 Å². The maximum absolute atomic E-state index is 11.2. The lowest BCUT2D eigenvalue weighted by molar-refractivity contribution is -0.112. The van der Waals surface area contributed by atoms with Crippen LogP contribution in [-0.4, -0.2) is 14.1 Å². The monoisotopic (exact) mass is 298 g/mol. The van der Waals surface area contributed by atoms with E-state index in [4.69, 9.17) is 4.43 Å². The van der Waals surface area contributed by atoms with Gasteiger partial charge in [-0.15, -0.1) is 0 Å². The smallest absolute Gasteiger partial charge is 0.250 e. The van der Waals surface area contributed by atoms with Crippen molar-refractivity contribution in [3.05, 3.63) is 11.8 Å². The van der Waals surface area contributed by atoms with E-state index in [1.165, 1.54) is 56.7 Å². The summed E-state index contributed by atoms with van der Waals surface area (Å²) in [4.78, 5) is 11.2. The molecule has 0 aromatic carbocycles. The summed E-state index contributed by atoms with van der Waals surface area (Å²) in [6.07, 6.45) is 9.11. The van der Waals surface area contributed by atoms with Crippen LogP contribution >= 0.6 is 0 Å². The molecular weight excluding hydrogens is 264 g/mol. The molecule has 0 bridgehead atoms. The first-order valence-corrected chi connectivity index (χ1v) is 10.9. The molecule has 0 unspecified atom stereocenters. The van der Waals surface area contributed by atoms with Crippen molar-refractivity contribution in [2.75, 3.05) is 0 Å². The SMILES string of the molecule is CCCC[Si](CCCC)(CCCC)OC(C)=CC(C)=O. The van der Waals surface area contributed by atoms with Gasteiger partial charge in [0.1, 0.15) is 0 Å². The van der Waals surface area contributed by atoms with E-state index < -0.39 is 8.32 Å². The maximum atomic E-state index is 11.2. The highest BCUT2D eigenvalue weighted by Crippen LogP contribution is 2.31. The van der Waals surface area contributed by atoms with Crippen LogP contribution < -0.4 is 0 Å². The van der Waals surface area contributed by atoms with Gasteiger partial charge in [-0.05, 0) is 32.0 Å². The lowest BCUT2D eigenvalue weighted by Gasteiger charge is -2.33. The molecule has 0 fully saturated rings. The zero-order valence-electron chi connectivity index (χ0n) is 14.3. The van der Waals surface area contributed by atoms with E-state index in [9.17, 15) is 4.79 Å². The summed E-state index contributed by atoms with van der Waals surface area (Å²) in [5, 5.41) is 0. The third-order valence-electron chi connectivity index (χ3n) is 3.74. The Balaban J connectivity index is 4.96. The van der Waals surface area contributed by atoms with Gasteiger partial charge in [-0.25, -0.2) is 0 Å². The molecule has 20 heavy (non-hydrogen) atoms. The third kappa shape index (κ3) is 8.57. The Morgan fingerprint density at radius 1 is 0.900 bits per heavy atom. The van der Waals surface area contributed by atoms with Crippen molar-refractivity contribution in [1.29, 1.82) is 0 Å².